The minimum absolute atomic E-state index is 0.459. The highest BCUT2D eigenvalue weighted by atomic mass is 19.4. The minimum Gasteiger partial charge on any atom is -0.406 e. The van der Waals surface area contributed by atoms with E-state index in [2.05, 4.69) is 4.74 Å². The van der Waals surface area contributed by atoms with Crippen molar-refractivity contribution in [2.75, 3.05) is 0 Å². The van der Waals surface area contributed by atoms with Crippen LogP contribution >= 0.6 is 0 Å². The van der Waals surface area contributed by atoms with Gasteiger partial charge in [0.1, 0.15) is 5.75 Å². The van der Waals surface area contributed by atoms with Crippen LogP contribution in [0.5, 0.6) is 5.75 Å². The van der Waals surface area contributed by atoms with Gasteiger partial charge in [0, 0.05) is 0 Å². The smallest absolute Gasteiger partial charge is 0.406 e. The SMILES string of the molecule is FC(F)(F)Oc1c[c]c(C(F)(F)F)cc1. The van der Waals surface area contributed by atoms with Crippen molar-refractivity contribution in [3.8, 4) is 5.75 Å². The zero-order valence-electron chi connectivity index (χ0n) is 6.91. The maximum absolute atomic E-state index is 12.0. The molecule has 1 aromatic carbocycles. The average Bonchev–Trinajstić information content (AvgIpc) is 2.00. The predicted molar refractivity (Wildman–Crippen MR) is 37.0 cm³/mol. The fourth-order valence-electron chi connectivity index (χ4n) is 0.784. The molecule has 0 fully saturated rings. The van der Waals surface area contributed by atoms with Crippen LogP contribution in [-0.4, -0.2) is 6.36 Å². The van der Waals surface area contributed by atoms with Gasteiger partial charge in [0.15, 0.2) is 0 Å². The lowest BCUT2D eigenvalue weighted by Crippen LogP contribution is -2.17. The molecule has 0 saturated carbocycles. The monoisotopic (exact) mass is 229 g/mol. The van der Waals surface area contributed by atoms with Crippen LogP contribution in [0.3, 0.4) is 0 Å². The van der Waals surface area contributed by atoms with E-state index in [1.807, 2.05) is 0 Å². The van der Waals surface area contributed by atoms with Gasteiger partial charge in [-0.2, -0.15) is 13.2 Å². The van der Waals surface area contributed by atoms with Crippen molar-refractivity contribution in [3.05, 3.63) is 29.8 Å². The molecular weight excluding hydrogens is 226 g/mol. The Morgan fingerprint density at radius 2 is 1.60 bits per heavy atom. The maximum Gasteiger partial charge on any atom is 0.573 e. The van der Waals surface area contributed by atoms with Crippen LogP contribution in [0.4, 0.5) is 26.3 Å². The summed E-state index contributed by atoms with van der Waals surface area (Å²) in [6.45, 7) is 0. The van der Waals surface area contributed by atoms with E-state index in [0.29, 0.717) is 18.2 Å². The normalized spacial score (nSPS) is 12.7. The summed E-state index contributed by atoms with van der Waals surface area (Å²) in [6, 6.07) is 3.17. The third kappa shape index (κ3) is 3.69. The Balaban J connectivity index is 2.82. The number of alkyl halides is 6. The Morgan fingerprint density at radius 3 is 1.93 bits per heavy atom. The van der Waals surface area contributed by atoms with Gasteiger partial charge < -0.3 is 4.74 Å². The van der Waals surface area contributed by atoms with E-state index in [4.69, 9.17) is 0 Å². The van der Waals surface area contributed by atoms with Crippen molar-refractivity contribution in [2.45, 2.75) is 12.5 Å². The van der Waals surface area contributed by atoms with E-state index in [1.54, 1.807) is 6.07 Å². The fraction of sp³-hybridized carbons (Fsp3) is 0.250. The molecule has 0 N–H and O–H groups in total. The Labute approximate surface area is 80.3 Å². The summed E-state index contributed by atoms with van der Waals surface area (Å²) in [7, 11) is 0. The molecule has 1 radical (unpaired) electrons. The first-order valence-corrected chi connectivity index (χ1v) is 3.53. The van der Waals surface area contributed by atoms with Gasteiger partial charge in [0.25, 0.3) is 0 Å². The van der Waals surface area contributed by atoms with E-state index >= 15 is 0 Å². The van der Waals surface area contributed by atoms with Crippen molar-refractivity contribution in [1.29, 1.82) is 0 Å². The van der Waals surface area contributed by atoms with E-state index < -0.39 is 23.9 Å². The standard InChI is InChI=1S/C8H3F6O/c9-7(10,11)5-1-3-6(4-2-5)15-8(12,13)14/h1,3-4H. The number of hydrogen-bond acceptors (Lipinski definition) is 1. The molecule has 15 heavy (non-hydrogen) atoms. The molecule has 0 aliphatic heterocycles. The second kappa shape index (κ2) is 3.63. The van der Waals surface area contributed by atoms with Gasteiger partial charge in [-0.05, 0) is 24.3 Å². The molecule has 0 bridgehead atoms. The highest BCUT2D eigenvalue weighted by Gasteiger charge is 2.33. The highest BCUT2D eigenvalue weighted by Crippen LogP contribution is 2.31. The lowest BCUT2D eigenvalue weighted by molar-refractivity contribution is -0.274. The largest absolute Gasteiger partial charge is 0.573 e. The lowest BCUT2D eigenvalue weighted by atomic mass is 10.2. The van der Waals surface area contributed by atoms with Crippen molar-refractivity contribution >= 4 is 0 Å². The van der Waals surface area contributed by atoms with Crippen molar-refractivity contribution in [3.63, 3.8) is 0 Å². The molecule has 0 unspecified atom stereocenters. The van der Waals surface area contributed by atoms with Crippen molar-refractivity contribution in [2.24, 2.45) is 0 Å². The van der Waals surface area contributed by atoms with Crippen molar-refractivity contribution in [1.82, 2.24) is 0 Å². The van der Waals surface area contributed by atoms with Gasteiger partial charge in [0.2, 0.25) is 0 Å². The van der Waals surface area contributed by atoms with E-state index in [9.17, 15) is 26.3 Å². The maximum atomic E-state index is 12.0. The Bertz CT molecular complexity index is 322. The summed E-state index contributed by atoms with van der Waals surface area (Å²) in [5, 5.41) is 0. The Kier molecular flexibility index (Phi) is 2.83. The number of benzene rings is 1. The van der Waals surface area contributed by atoms with Gasteiger partial charge >= 0.3 is 12.5 Å². The topological polar surface area (TPSA) is 9.23 Å². The molecule has 1 aromatic rings. The average molecular weight is 229 g/mol. The third-order valence-electron chi connectivity index (χ3n) is 1.32. The molecule has 1 rings (SSSR count). The molecule has 0 aromatic heterocycles. The van der Waals surface area contributed by atoms with Crippen LogP contribution in [0.1, 0.15) is 5.56 Å². The minimum atomic E-state index is -4.92. The zero-order chi connectivity index (χ0) is 11.7. The van der Waals surface area contributed by atoms with Crippen LogP contribution < -0.4 is 4.74 Å². The first kappa shape index (κ1) is 11.7. The Morgan fingerprint density at radius 1 is 1.00 bits per heavy atom. The number of rotatable bonds is 1. The lowest BCUT2D eigenvalue weighted by Gasteiger charge is -2.10. The predicted octanol–water partition coefficient (Wildman–Crippen LogP) is 3.40. The highest BCUT2D eigenvalue weighted by molar-refractivity contribution is 5.27. The summed E-state index contributed by atoms with van der Waals surface area (Å²) in [6.07, 6.45) is -9.55. The number of ether oxygens (including phenoxy) is 1. The number of halogens is 6. The number of hydrogen-bond donors (Lipinski definition) is 0. The van der Waals surface area contributed by atoms with Gasteiger partial charge in [-0.25, -0.2) is 0 Å². The summed E-state index contributed by atoms with van der Waals surface area (Å²) < 4.78 is 74.1. The summed E-state index contributed by atoms with van der Waals surface area (Å²) in [5.74, 6) is -0.740. The second-order valence-electron chi connectivity index (χ2n) is 2.48. The molecule has 83 valence electrons. The fourth-order valence-corrected chi connectivity index (χ4v) is 0.784. The molecule has 0 aliphatic carbocycles. The van der Waals surface area contributed by atoms with Gasteiger partial charge in [-0.3, -0.25) is 0 Å². The molecule has 0 saturated heterocycles. The molecule has 0 aliphatic rings. The molecule has 0 amide bonds. The summed E-state index contributed by atoms with van der Waals surface area (Å²) in [5.41, 5.74) is -1.16. The molecule has 0 heterocycles. The molecule has 0 atom stereocenters. The quantitative estimate of drug-likeness (QED) is 0.670. The van der Waals surface area contributed by atoms with Gasteiger partial charge in [-0.15, -0.1) is 13.2 Å². The van der Waals surface area contributed by atoms with E-state index in [-0.39, 0.29) is 0 Å². The van der Waals surface area contributed by atoms with Gasteiger partial charge in [-0.1, -0.05) is 0 Å². The van der Waals surface area contributed by atoms with E-state index in [0.717, 1.165) is 0 Å². The van der Waals surface area contributed by atoms with Crippen LogP contribution in [0.15, 0.2) is 18.2 Å². The summed E-state index contributed by atoms with van der Waals surface area (Å²) >= 11 is 0. The van der Waals surface area contributed by atoms with Crippen molar-refractivity contribution < 1.29 is 31.1 Å². The Hall–Kier alpha value is -1.40. The van der Waals surface area contributed by atoms with Crippen LogP contribution in [0.25, 0.3) is 0 Å². The molecule has 7 heteroatoms. The third-order valence-corrected chi connectivity index (χ3v) is 1.32. The van der Waals surface area contributed by atoms with Crippen LogP contribution in [0, 0.1) is 6.07 Å². The molecule has 0 spiro atoms. The first-order valence-electron chi connectivity index (χ1n) is 3.53. The van der Waals surface area contributed by atoms with Crippen LogP contribution in [0.2, 0.25) is 0 Å². The summed E-state index contributed by atoms with van der Waals surface area (Å²) in [4.78, 5) is 0. The van der Waals surface area contributed by atoms with Gasteiger partial charge in [0.05, 0.1) is 5.56 Å². The van der Waals surface area contributed by atoms with E-state index in [1.165, 1.54) is 0 Å². The molecule has 1 nitrogen and oxygen atoms in total. The van der Waals surface area contributed by atoms with Crippen LogP contribution in [-0.2, 0) is 6.18 Å². The zero-order valence-corrected chi connectivity index (χ0v) is 6.91. The first-order chi connectivity index (χ1) is 6.68. The molecular formula is C8H3F6O. The second-order valence-corrected chi connectivity index (χ2v) is 2.48.